The molecule has 1 nitrogen and oxygen atoms in total. The van der Waals surface area contributed by atoms with Gasteiger partial charge in [-0.15, -0.1) is 0 Å². The van der Waals surface area contributed by atoms with E-state index < -0.39 is 11.9 Å². The van der Waals surface area contributed by atoms with Gasteiger partial charge in [0.1, 0.15) is 5.70 Å². The van der Waals surface area contributed by atoms with Gasteiger partial charge in [-0.1, -0.05) is 13.0 Å². The molecule has 0 unspecified atom stereocenters. The Bertz CT molecular complexity index is 146. The van der Waals surface area contributed by atoms with Gasteiger partial charge in [-0.2, -0.15) is 13.2 Å². The smallest absolute Gasteiger partial charge is 0.260 e. The summed E-state index contributed by atoms with van der Waals surface area (Å²) in [6, 6.07) is 0. The van der Waals surface area contributed by atoms with Crippen LogP contribution in [0.1, 0.15) is 13.3 Å². The van der Waals surface area contributed by atoms with E-state index in [1.165, 1.54) is 0 Å². The monoisotopic (exact) mass is 151 g/mol. The van der Waals surface area contributed by atoms with Crippen molar-refractivity contribution in [3.63, 3.8) is 0 Å². The SMILES string of the molecule is C=NC(=CCC)C(F)(F)F. The van der Waals surface area contributed by atoms with E-state index >= 15 is 0 Å². The molecule has 4 heteroatoms. The molecule has 0 heterocycles. The fourth-order valence-corrected chi connectivity index (χ4v) is 0.463. The average molecular weight is 151 g/mol. The quantitative estimate of drug-likeness (QED) is 0.538. The summed E-state index contributed by atoms with van der Waals surface area (Å²) in [6.45, 7) is 4.42. The van der Waals surface area contributed by atoms with Crippen LogP contribution < -0.4 is 0 Å². The molecule has 0 radical (unpaired) electrons. The van der Waals surface area contributed by atoms with E-state index in [9.17, 15) is 13.2 Å². The van der Waals surface area contributed by atoms with Crippen LogP contribution in [0, 0.1) is 0 Å². The Morgan fingerprint density at radius 3 is 2.20 bits per heavy atom. The van der Waals surface area contributed by atoms with Crippen LogP contribution in [-0.2, 0) is 0 Å². The molecule has 0 atom stereocenters. The number of rotatable bonds is 2. The standard InChI is InChI=1S/C6H8F3N/c1-3-4-5(10-2)6(7,8)9/h4H,2-3H2,1H3. The molecular formula is C6H8F3N. The highest BCUT2D eigenvalue weighted by Gasteiger charge is 2.32. The first-order valence-corrected chi connectivity index (χ1v) is 2.76. The molecule has 0 aromatic heterocycles. The third-order valence-corrected chi connectivity index (χ3v) is 0.858. The molecule has 0 aliphatic rings. The minimum absolute atomic E-state index is 0.313. The van der Waals surface area contributed by atoms with Crippen molar-refractivity contribution in [1.29, 1.82) is 0 Å². The van der Waals surface area contributed by atoms with Gasteiger partial charge in [-0.3, -0.25) is 4.99 Å². The molecule has 0 spiro atoms. The second kappa shape index (κ2) is 3.39. The Hall–Kier alpha value is -0.800. The number of hydrogen-bond donors (Lipinski definition) is 0. The minimum Gasteiger partial charge on any atom is -0.260 e. The molecule has 0 rings (SSSR count). The lowest BCUT2D eigenvalue weighted by atomic mass is 10.3. The molecule has 0 amide bonds. The number of hydrogen-bond acceptors (Lipinski definition) is 1. The maximum absolute atomic E-state index is 11.7. The molecule has 0 bridgehead atoms. The zero-order valence-corrected chi connectivity index (χ0v) is 5.57. The van der Waals surface area contributed by atoms with Gasteiger partial charge in [0, 0.05) is 0 Å². The minimum atomic E-state index is -4.35. The summed E-state index contributed by atoms with van der Waals surface area (Å²) in [7, 11) is 0. The molecule has 0 aliphatic carbocycles. The lowest BCUT2D eigenvalue weighted by Gasteiger charge is -2.04. The van der Waals surface area contributed by atoms with Gasteiger partial charge in [0.2, 0.25) is 0 Å². The van der Waals surface area contributed by atoms with Crippen molar-refractivity contribution >= 4 is 6.72 Å². The normalized spacial score (nSPS) is 13.4. The lowest BCUT2D eigenvalue weighted by Crippen LogP contribution is -2.09. The Morgan fingerprint density at radius 1 is 1.60 bits per heavy atom. The van der Waals surface area contributed by atoms with Crippen molar-refractivity contribution < 1.29 is 13.2 Å². The molecule has 0 saturated heterocycles. The molecule has 0 saturated carbocycles. The van der Waals surface area contributed by atoms with Crippen molar-refractivity contribution in [2.75, 3.05) is 0 Å². The molecule has 0 aromatic rings. The molecule has 0 aliphatic heterocycles. The average Bonchev–Trinajstić information content (AvgIpc) is 1.80. The Labute approximate surface area is 57.3 Å². The highest BCUT2D eigenvalue weighted by atomic mass is 19.4. The maximum atomic E-state index is 11.7. The van der Waals surface area contributed by atoms with E-state index in [0.29, 0.717) is 6.42 Å². The highest BCUT2D eigenvalue weighted by Crippen LogP contribution is 2.26. The van der Waals surface area contributed by atoms with E-state index in [2.05, 4.69) is 11.7 Å². The molecule has 10 heavy (non-hydrogen) atoms. The highest BCUT2D eigenvalue weighted by molar-refractivity contribution is 5.30. The third-order valence-electron chi connectivity index (χ3n) is 0.858. The molecule has 0 aromatic carbocycles. The van der Waals surface area contributed by atoms with Crippen LogP contribution in [0.15, 0.2) is 16.8 Å². The van der Waals surface area contributed by atoms with Crippen LogP contribution in [-0.4, -0.2) is 12.9 Å². The predicted octanol–water partition coefficient (Wildman–Crippen LogP) is 2.54. The first-order valence-electron chi connectivity index (χ1n) is 2.76. The van der Waals surface area contributed by atoms with Crippen LogP contribution in [0.25, 0.3) is 0 Å². The van der Waals surface area contributed by atoms with E-state index in [-0.39, 0.29) is 0 Å². The first-order chi connectivity index (χ1) is 4.52. The fraction of sp³-hybridized carbons (Fsp3) is 0.500. The van der Waals surface area contributed by atoms with Gasteiger partial charge in [0.25, 0.3) is 0 Å². The predicted molar refractivity (Wildman–Crippen MR) is 34.0 cm³/mol. The summed E-state index contributed by atoms with van der Waals surface area (Å²) in [5.41, 5.74) is -0.907. The molecule has 58 valence electrons. The van der Waals surface area contributed by atoms with Crippen LogP contribution in [0.4, 0.5) is 13.2 Å². The van der Waals surface area contributed by atoms with Gasteiger partial charge < -0.3 is 0 Å². The number of allylic oxidation sites excluding steroid dienone is 2. The zero-order chi connectivity index (χ0) is 8.20. The summed E-state index contributed by atoms with van der Waals surface area (Å²) < 4.78 is 35.1. The topological polar surface area (TPSA) is 12.4 Å². The summed E-state index contributed by atoms with van der Waals surface area (Å²) in [4.78, 5) is 2.84. The van der Waals surface area contributed by atoms with Crippen LogP contribution in [0.3, 0.4) is 0 Å². The molecule has 0 N–H and O–H groups in total. The summed E-state index contributed by atoms with van der Waals surface area (Å²) in [6.07, 6.45) is -3.04. The van der Waals surface area contributed by atoms with Crippen molar-refractivity contribution in [3.05, 3.63) is 11.8 Å². The van der Waals surface area contributed by atoms with Gasteiger partial charge in [0.05, 0.1) is 0 Å². The van der Waals surface area contributed by atoms with Gasteiger partial charge in [0.15, 0.2) is 0 Å². The van der Waals surface area contributed by atoms with E-state index in [1.54, 1.807) is 6.92 Å². The van der Waals surface area contributed by atoms with E-state index in [1.807, 2.05) is 0 Å². The lowest BCUT2D eigenvalue weighted by molar-refractivity contribution is -0.0924. The second-order valence-electron chi connectivity index (χ2n) is 1.65. The van der Waals surface area contributed by atoms with Gasteiger partial charge in [-0.05, 0) is 13.1 Å². The molecular weight excluding hydrogens is 143 g/mol. The van der Waals surface area contributed by atoms with Crippen molar-refractivity contribution in [1.82, 2.24) is 0 Å². The summed E-state index contributed by atoms with van der Waals surface area (Å²) in [5, 5.41) is 0. The maximum Gasteiger partial charge on any atom is 0.432 e. The van der Waals surface area contributed by atoms with Crippen LogP contribution in [0.5, 0.6) is 0 Å². The van der Waals surface area contributed by atoms with Crippen molar-refractivity contribution in [3.8, 4) is 0 Å². The molecule has 0 fully saturated rings. The van der Waals surface area contributed by atoms with Crippen molar-refractivity contribution in [2.45, 2.75) is 19.5 Å². The zero-order valence-electron chi connectivity index (χ0n) is 5.57. The van der Waals surface area contributed by atoms with E-state index in [4.69, 9.17) is 0 Å². The fourth-order valence-electron chi connectivity index (χ4n) is 0.463. The Kier molecular flexibility index (Phi) is 3.12. The van der Waals surface area contributed by atoms with Gasteiger partial charge >= 0.3 is 6.18 Å². The van der Waals surface area contributed by atoms with Crippen molar-refractivity contribution in [2.24, 2.45) is 4.99 Å². The third kappa shape index (κ3) is 2.66. The first kappa shape index (κ1) is 9.20. The largest absolute Gasteiger partial charge is 0.432 e. The number of aliphatic imine (C=N–C) groups is 1. The van der Waals surface area contributed by atoms with Gasteiger partial charge in [-0.25, -0.2) is 0 Å². The Morgan fingerprint density at radius 2 is 2.10 bits per heavy atom. The Balaban J connectivity index is 4.36. The van der Waals surface area contributed by atoms with E-state index in [0.717, 1.165) is 6.08 Å². The number of alkyl halides is 3. The number of nitrogens with zero attached hydrogens (tertiary/aromatic N) is 1. The summed E-state index contributed by atoms with van der Waals surface area (Å²) >= 11 is 0. The van der Waals surface area contributed by atoms with Crippen LogP contribution in [0.2, 0.25) is 0 Å². The number of halogens is 3. The van der Waals surface area contributed by atoms with Crippen LogP contribution >= 0.6 is 0 Å². The summed E-state index contributed by atoms with van der Waals surface area (Å²) in [5.74, 6) is 0. The second-order valence-corrected chi connectivity index (χ2v) is 1.65.